The molecule has 0 bridgehead atoms. The zero-order valence-electron chi connectivity index (χ0n) is 10.6. The fourth-order valence-electron chi connectivity index (χ4n) is 2.46. The second-order valence-electron chi connectivity index (χ2n) is 5.02. The molecule has 1 rings (SSSR count). The molecule has 3 nitrogen and oxygen atoms in total. The first-order chi connectivity index (χ1) is 8.05. The third kappa shape index (κ3) is 6.07. The monoisotopic (exact) mass is 281 g/mol. The molecular formula is C12H24ClNO2S. The van der Waals surface area contributed by atoms with Crippen LogP contribution in [0.4, 0.5) is 0 Å². The number of nitrogens with one attached hydrogen (secondary N) is 1. The van der Waals surface area contributed by atoms with Crippen LogP contribution in [0.15, 0.2) is 0 Å². The molecule has 1 fully saturated rings. The van der Waals surface area contributed by atoms with Gasteiger partial charge >= 0.3 is 0 Å². The molecule has 0 unspecified atom stereocenters. The summed E-state index contributed by atoms with van der Waals surface area (Å²) in [5.74, 6) is 1.26. The predicted molar refractivity (Wildman–Crippen MR) is 72.9 cm³/mol. The average molecular weight is 282 g/mol. The Bertz CT molecular complexity index is 300. The fraction of sp³-hybridized carbons (Fsp3) is 1.00. The lowest BCUT2D eigenvalue weighted by atomic mass is 9.85. The molecule has 0 spiro atoms. The molecule has 1 N–H and O–H groups in total. The molecule has 0 amide bonds. The average Bonchev–Trinajstić information content (AvgIpc) is 2.30. The van der Waals surface area contributed by atoms with E-state index in [4.69, 9.17) is 11.6 Å². The van der Waals surface area contributed by atoms with Crippen molar-refractivity contribution < 1.29 is 8.42 Å². The van der Waals surface area contributed by atoms with Gasteiger partial charge < -0.3 is 0 Å². The van der Waals surface area contributed by atoms with Crippen molar-refractivity contribution in [3.63, 3.8) is 0 Å². The first-order valence-electron chi connectivity index (χ1n) is 6.61. The highest BCUT2D eigenvalue weighted by Crippen LogP contribution is 2.26. The fourth-order valence-corrected chi connectivity index (χ4v) is 4.11. The SMILES string of the molecule is C[C@@H](NS(=O)(=O)CCCCCl)C1CCCCC1. The highest BCUT2D eigenvalue weighted by Gasteiger charge is 2.23. The number of alkyl halides is 1. The molecule has 0 aromatic rings. The van der Waals surface area contributed by atoms with Gasteiger partial charge in [0, 0.05) is 11.9 Å². The lowest BCUT2D eigenvalue weighted by molar-refractivity contribution is 0.303. The van der Waals surface area contributed by atoms with E-state index in [2.05, 4.69) is 4.72 Å². The maximum absolute atomic E-state index is 11.8. The van der Waals surface area contributed by atoms with E-state index in [9.17, 15) is 8.42 Å². The molecule has 1 aliphatic rings. The summed E-state index contributed by atoms with van der Waals surface area (Å²) in [6, 6.07) is 0.0799. The Morgan fingerprint density at radius 2 is 1.88 bits per heavy atom. The van der Waals surface area contributed by atoms with Crippen LogP contribution in [0.3, 0.4) is 0 Å². The number of sulfonamides is 1. The van der Waals surface area contributed by atoms with Gasteiger partial charge in [-0.2, -0.15) is 0 Å². The summed E-state index contributed by atoms with van der Waals surface area (Å²) in [6.07, 6.45) is 7.50. The third-order valence-corrected chi connectivity index (χ3v) is 5.34. The summed E-state index contributed by atoms with van der Waals surface area (Å²) in [4.78, 5) is 0. The Hall–Kier alpha value is 0.200. The van der Waals surface area contributed by atoms with Gasteiger partial charge in [0.1, 0.15) is 0 Å². The van der Waals surface area contributed by atoms with Crippen molar-refractivity contribution in [3.8, 4) is 0 Å². The van der Waals surface area contributed by atoms with Crippen molar-refractivity contribution in [3.05, 3.63) is 0 Å². The Balaban J connectivity index is 2.34. The third-order valence-electron chi connectivity index (χ3n) is 3.52. The van der Waals surface area contributed by atoms with Gasteiger partial charge in [0.15, 0.2) is 0 Å². The van der Waals surface area contributed by atoms with Gasteiger partial charge in [-0.3, -0.25) is 0 Å². The van der Waals surface area contributed by atoms with E-state index in [1.165, 1.54) is 19.3 Å². The lowest BCUT2D eigenvalue weighted by Crippen LogP contribution is -2.40. The normalized spacial score (nSPS) is 20.4. The maximum Gasteiger partial charge on any atom is 0.211 e. The van der Waals surface area contributed by atoms with E-state index in [-0.39, 0.29) is 11.8 Å². The van der Waals surface area contributed by atoms with Gasteiger partial charge in [0.25, 0.3) is 0 Å². The van der Waals surface area contributed by atoms with Gasteiger partial charge in [0.2, 0.25) is 10.0 Å². The van der Waals surface area contributed by atoms with Crippen LogP contribution in [0.25, 0.3) is 0 Å². The van der Waals surface area contributed by atoms with Gasteiger partial charge in [-0.1, -0.05) is 19.3 Å². The summed E-state index contributed by atoms with van der Waals surface area (Å²) in [5, 5.41) is 0. The van der Waals surface area contributed by atoms with Crippen molar-refractivity contribution in [2.45, 2.75) is 57.9 Å². The van der Waals surface area contributed by atoms with Crippen LogP contribution in [0.5, 0.6) is 0 Å². The summed E-state index contributed by atoms with van der Waals surface area (Å²) in [6.45, 7) is 2.00. The highest BCUT2D eigenvalue weighted by molar-refractivity contribution is 7.89. The molecule has 1 aliphatic carbocycles. The number of rotatable bonds is 7. The minimum atomic E-state index is -3.11. The van der Waals surface area contributed by atoms with Crippen LogP contribution in [0.2, 0.25) is 0 Å². The molecule has 0 aromatic heterocycles. The first-order valence-corrected chi connectivity index (χ1v) is 8.80. The molecule has 1 saturated carbocycles. The van der Waals surface area contributed by atoms with Crippen molar-refractivity contribution in [2.75, 3.05) is 11.6 Å². The van der Waals surface area contributed by atoms with Crippen LogP contribution in [0, 0.1) is 5.92 Å². The number of hydrogen-bond acceptors (Lipinski definition) is 2. The van der Waals surface area contributed by atoms with Crippen molar-refractivity contribution in [1.82, 2.24) is 4.72 Å². The van der Waals surface area contributed by atoms with E-state index < -0.39 is 10.0 Å². The topological polar surface area (TPSA) is 46.2 Å². The van der Waals surface area contributed by atoms with Crippen LogP contribution in [0.1, 0.15) is 51.9 Å². The second kappa shape index (κ2) is 7.59. The van der Waals surface area contributed by atoms with Crippen molar-refractivity contribution >= 4 is 21.6 Å². The second-order valence-corrected chi connectivity index (χ2v) is 7.27. The maximum atomic E-state index is 11.8. The Labute approximate surface area is 110 Å². The first kappa shape index (κ1) is 15.3. The molecule has 0 radical (unpaired) electrons. The number of halogens is 1. The quantitative estimate of drug-likeness (QED) is 0.576. The van der Waals surface area contributed by atoms with Crippen LogP contribution >= 0.6 is 11.6 Å². The molecule has 5 heteroatoms. The molecule has 1 atom stereocenters. The molecule has 0 heterocycles. The summed E-state index contributed by atoms with van der Waals surface area (Å²) >= 11 is 5.54. The Morgan fingerprint density at radius 3 is 2.47 bits per heavy atom. The van der Waals surface area contributed by atoms with Crippen LogP contribution in [-0.2, 0) is 10.0 Å². The van der Waals surface area contributed by atoms with Crippen LogP contribution < -0.4 is 4.72 Å². The minimum absolute atomic E-state index is 0.0799. The van der Waals surface area contributed by atoms with E-state index in [1.807, 2.05) is 6.92 Å². The van der Waals surface area contributed by atoms with Crippen LogP contribution in [-0.4, -0.2) is 26.1 Å². The van der Waals surface area contributed by atoms with Gasteiger partial charge in [-0.15, -0.1) is 11.6 Å². The zero-order valence-corrected chi connectivity index (χ0v) is 12.2. The van der Waals surface area contributed by atoms with Gasteiger partial charge in [-0.05, 0) is 38.5 Å². The standard InChI is InChI=1S/C12H24ClNO2S/c1-11(12-7-3-2-4-8-12)14-17(15,16)10-6-5-9-13/h11-12,14H,2-10H2,1H3/t11-/m1/s1. The number of unbranched alkanes of at least 4 members (excludes halogenated alkanes) is 1. The minimum Gasteiger partial charge on any atom is -0.212 e. The van der Waals surface area contributed by atoms with E-state index in [1.54, 1.807) is 0 Å². The smallest absolute Gasteiger partial charge is 0.211 e. The Kier molecular flexibility index (Phi) is 6.82. The zero-order chi connectivity index (χ0) is 12.7. The van der Waals surface area contributed by atoms with E-state index >= 15 is 0 Å². The molecular weight excluding hydrogens is 258 g/mol. The molecule has 0 saturated heterocycles. The van der Waals surface area contributed by atoms with E-state index in [0.717, 1.165) is 19.3 Å². The lowest BCUT2D eigenvalue weighted by Gasteiger charge is -2.28. The summed E-state index contributed by atoms with van der Waals surface area (Å²) < 4.78 is 26.4. The molecule has 102 valence electrons. The van der Waals surface area contributed by atoms with Gasteiger partial charge in [0.05, 0.1) is 5.75 Å². The van der Waals surface area contributed by atoms with Gasteiger partial charge in [-0.25, -0.2) is 13.1 Å². The molecule has 0 aliphatic heterocycles. The molecule has 0 aromatic carbocycles. The summed E-state index contributed by atoms with van der Waals surface area (Å²) in [7, 11) is -3.11. The van der Waals surface area contributed by atoms with Crippen molar-refractivity contribution in [2.24, 2.45) is 5.92 Å². The van der Waals surface area contributed by atoms with E-state index in [0.29, 0.717) is 18.2 Å². The largest absolute Gasteiger partial charge is 0.212 e. The predicted octanol–water partition coefficient (Wildman–Crippen LogP) is 2.89. The summed E-state index contributed by atoms with van der Waals surface area (Å²) in [5.41, 5.74) is 0. The highest BCUT2D eigenvalue weighted by atomic mass is 35.5. The number of hydrogen-bond donors (Lipinski definition) is 1. The Morgan fingerprint density at radius 1 is 1.24 bits per heavy atom. The van der Waals surface area contributed by atoms with Crippen molar-refractivity contribution in [1.29, 1.82) is 0 Å². The molecule has 17 heavy (non-hydrogen) atoms.